The summed E-state index contributed by atoms with van der Waals surface area (Å²) in [5.74, 6) is 2.95. The van der Waals surface area contributed by atoms with E-state index in [1.807, 2.05) is 13.8 Å². The van der Waals surface area contributed by atoms with Crippen LogP contribution in [0.15, 0.2) is 0 Å². The predicted molar refractivity (Wildman–Crippen MR) is 74.8 cm³/mol. The fourth-order valence-electron chi connectivity index (χ4n) is 4.71. The molecule has 4 nitrogen and oxygen atoms in total. The quantitative estimate of drug-likeness (QED) is 0.724. The molecule has 3 aliphatic rings. The Morgan fingerprint density at radius 3 is 2.30 bits per heavy atom. The molecule has 112 valence electrons. The third kappa shape index (κ3) is 2.13. The fraction of sp³-hybridized carbons (Fsp3) is 0.875. The average molecular weight is 279 g/mol. The van der Waals surface area contributed by atoms with E-state index in [4.69, 9.17) is 4.74 Å². The first kappa shape index (κ1) is 13.9. The van der Waals surface area contributed by atoms with E-state index in [9.17, 15) is 9.59 Å². The van der Waals surface area contributed by atoms with Crippen molar-refractivity contribution < 1.29 is 14.3 Å². The zero-order chi connectivity index (χ0) is 14.4. The molecule has 0 aromatic carbocycles. The number of esters is 1. The molecule has 0 N–H and O–H groups in total. The second-order valence-corrected chi connectivity index (χ2v) is 6.88. The molecule has 20 heavy (non-hydrogen) atoms. The molecular formula is C16H25NO3. The molecule has 0 heterocycles. The van der Waals surface area contributed by atoms with E-state index in [0.29, 0.717) is 18.4 Å². The summed E-state index contributed by atoms with van der Waals surface area (Å²) in [5.41, 5.74) is 0. The molecule has 0 aliphatic heterocycles. The van der Waals surface area contributed by atoms with Crippen LogP contribution in [0.1, 0.15) is 40.0 Å². The number of ether oxygens (including phenoxy) is 1. The van der Waals surface area contributed by atoms with Gasteiger partial charge in [0, 0.05) is 12.0 Å². The molecular weight excluding hydrogens is 254 g/mol. The molecule has 0 aromatic rings. The van der Waals surface area contributed by atoms with Crippen molar-refractivity contribution in [3.8, 4) is 0 Å². The van der Waals surface area contributed by atoms with Crippen molar-refractivity contribution in [2.75, 3.05) is 13.2 Å². The topological polar surface area (TPSA) is 46.6 Å². The summed E-state index contributed by atoms with van der Waals surface area (Å²) in [4.78, 5) is 26.1. The van der Waals surface area contributed by atoms with Gasteiger partial charge >= 0.3 is 5.97 Å². The van der Waals surface area contributed by atoms with Gasteiger partial charge in [0.15, 0.2) is 0 Å². The third-order valence-electron chi connectivity index (χ3n) is 5.53. The van der Waals surface area contributed by atoms with Crippen molar-refractivity contribution in [1.82, 2.24) is 4.90 Å². The highest BCUT2D eigenvalue weighted by Crippen LogP contribution is 2.69. The van der Waals surface area contributed by atoms with E-state index in [-0.39, 0.29) is 30.4 Å². The van der Waals surface area contributed by atoms with Crippen LogP contribution in [0.2, 0.25) is 0 Å². The number of hydrogen-bond donors (Lipinski definition) is 0. The molecule has 3 rings (SSSR count). The maximum atomic E-state index is 12.7. The van der Waals surface area contributed by atoms with Crippen molar-refractivity contribution >= 4 is 11.9 Å². The molecule has 0 saturated heterocycles. The van der Waals surface area contributed by atoms with Crippen LogP contribution in [0.3, 0.4) is 0 Å². The molecule has 2 bridgehead atoms. The number of carbonyl (C=O) groups excluding carboxylic acids is 2. The average Bonchev–Trinajstić information content (AvgIpc) is 2.83. The number of nitrogens with zero attached hydrogens (tertiary/aromatic N) is 1. The lowest BCUT2D eigenvalue weighted by Crippen LogP contribution is -2.43. The lowest BCUT2D eigenvalue weighted by Gasteiger charge is -2.27. The lowest BCUT2D eigenvalue weighted by atomic mass is 10.0. The Morgan fingerprint density at radius 1 is 1.20 bits per heavy atom. The second-order valence-electron chi connectivity index (χ2n) is 6.88. The molecule has 1 amide bonds. The van der Waals surface area contributed by atoms with E-state index in [2.05, 4.69) is 0 Å². The van der Waals surface area contributed by atoms with Gasteiger partial charge in [-0.15, -0.1) is 0 Å². The zero-order valence-corrected chi connectivity index (χ0v) is 12.7. The van der Waals surface area contributed by atoms with E-state index in [1.165, 1.54) is 19.3 Å². The van der Waals surface area contributed by atoms with E-state index < -0.39 is 0 Å². The van der Waals surface area contributed by atoms with Gasteiger partial charge in [0.2, 0.25) is 5.91 Å². The van der Waals surface area contributed by atoms with Crippen LogP contribution in [-0.4, -0.2) is 36.0 Å². The Labute approximate surface area is 120 Å². The molecule has 4 heteroatoms. The zero-order valence-electron chi connectivity index (χ0n) is 12.7. The van der Waals surface area contributed by atoms with Crippen molar-refractivity contribution in [3.63, 3.8) is 0 Å². The van der Waals surface area contributed by atoms with Gasteiger partial charge in [0.25, 0.3) is 0 Å². The van der Waals surface area contributed by atoms with Crippen LogP contribution in [0.25, 0.3) is 0 Å². The molecule has 0 radical (unpaired) electrons. The molecule has 0 spiro atoms. The van der Waals surface area contributed by atoms with Gasteiger partial charge in [-0.1, -0.05) is 0 Å². The van der Waals surface area contributed by atoms with Crippen LogP contribution in [0.5, 0.6) is 0 Å². The maximum Gasteiger partial charge on any atom is 0.325 e. The molecule has 3 saturated carbocycles. The number of carbonyl (C=O) groups is 2. The summed E-state index contributed by atoms with van der Waals surface area (Å²) in [5, 5.41) is 0. The minimum Gasteiger partial charge on any atom is -0.465 e. The highest BCUT2D eigenvalue weighted by atomic mass is 16.5. The van der Waals surface area contributed by atoms with Gasteiger partial charge in [0.1, 0.15) is 6.54 Å². The smallest absolute Gasteiger partial charge is 0.325 e. The fourth-order valence-corrected chi connectivity index (χ4v) is 4.71. The summed E-state index contributed by atoms with van der Waals surface area (Å²) < 4.78 is 4.99. The Balaban J connectivity index is 1.64. The van der Waals surface area contributed by atoms with Crippen LogP contribution in [0, 0.1) is 29.6 Å². The summed E-state index contributed by atoms with van der Waals surface area (Å²) in [7, 11) is 0. The Bertz CT molecular complexity index is 404. The molecule has 4 atom stereocenters. The Morgan fingerprint density at radius 2 is 1.80 bits per heavy atom. The van der Waals surface area contributed by atoms with Crippen molar-refractivity contribution in [2.45, 2.75) is 46.1 Å². The first-order chi connectivity index (χ1) is 9.54. The highest BCUT2D eigenvalue weighted by molar-refractivity contribution is 5.86. The molecule has 3 fully saturated rings. The predicted octanol–water partition coefficient (Wildman–Crippen LogP) is 2.08. The molecule has 3 aliphatic carbocycles. The standard InChI is InChI=1S/C16H25NO3/c1-4-20-12(18)8-17(9(2)3)16(19)15-13-10-5-6-11(7-10)14(13)15/h9-11,13-15H,4-8H2,1-3H3. The first-order valence-corrected chi connectivity index (χ1v) is 8.00. The van der Waals surface area contributed by atoms with Crippen molar-refractivity contribution in [2.24, 2.45) is 29.6 Å². The SMILES string of the molecule is CCOC(=O)CN(C(=O)C1C2C3CCC(C3)C12)C(C)C. The normalized spacial score (nSPS) is 36.9. The van der Waals surface area contributed by atoms with Crippen LogP contribution in [0.4, 0.5) is 0 Å². The van der Waals surface area contributed by atoms with Gasteiger partial charge in [-0.05, 0) is 63.7 Å². The van der Waals surface area contributed by atoms with Gasteiger partial charge in [-0.3, -0.25) is 9.59 Å². The number of hydrogen-bond acceptors (Lipinski definition) is 3. The Kier molecular flexibility index (Phi) is 3.51. The first-order valence-electron chi connectivity index (χ1n) is 8.00. The largest absolute Gasteiger partial charge is 0.465 e. The van der Waals surface area contributed by atoms with Gasteiger partial charge < -0.3 is 9.64 Å². The van der Waals surface area contributed by atoms with E-state index >= 15 is 0 Å². The number of rotatable bonds is 5. The van der Waals surface area contributed by atoms with Gasteiger partial charge in [-0.25, -0.2) is 0 Å². The van der Waals surface area contributed by atoms with Gasteiger partial charge in [0.05, 0.1) is 6.61 Å². The lowest BCUT2D eigenvalue weighted by molar-refractivity contribution is -0.150. The van der Waals surface area contributed by atoms with Crippen LogP contribution in [-0.2, 0) is 14.3 Å². The summed E-state index contributed by atoms with van der Waals surface area (Å²) in [6.45, 7) is 6.23. The Hall–Kier alpha value is -1.06. The van der Waals surface area contributed by atoms with Crippen molar-refractivity contribution in [3.05, 3.63) is 0 Å². The summed E-state index contributed by atoms with van der Waals surface area (Å²) >= 11 is 0. The second kappa shape index (κ2) is 5.05. The van der Waals surface area contributed by atoms with Crippen LogP contribution < -0.4 is 0 Å². The monoisotopic (exact) mass is 279 g/mol. The summed E-state index contributed by atoms with van der Waals surface area (Å²) in [6.07, 6.45) is 3.98. The van der Waals surface area contributed by atoms with Gasteiger partial charge in [-0.2, -0.15) is 0 Å². The number of amides is 1. The van der Waals surface area contributed by atoms with Crippen LogP contribution >= 0.6 is 0 Å². The maximum absolute atomic E-state index is 12.7. The molecule has 4 unspecified atom stereocenters. The highest BCUT2D eigenvalue weighted by Gasteiger charge is 2.68. The van der Waals surface area contributed by atoms with E-state index in [1.54, 1.807) is 11.8 Å². The third-order valence-corrected chi connectivity index (χ3v) is 5.53. The minimum atomic E-state index is -0.289. The number of fused-ring (bicyclic) bond motifs is 5. The van der Waals surface area contributed by atoms with E-state index in [0.717, 1.165) is 11.8 Å². The van der Waals surface area contributed by atoms with Crippen molar-refractivity contribution in [1.29, 1.82) is 0 Å². The summed E-state index contributed by atoms with van der Waals surface area (Å²) in [6, 6.07) is 0.0610. The molecule has 0 aromatic heterocycles. The minimum absolute atomic E-state index is 0.0610.